The number of carbonyl (C=O) groups is 2. The first-order valence-electron chi connectivity index (χ1n) is 7.09. The van der Waals surface area contributed by atoms with E-state index in [2.05, 4.69) is 10.1 Å². The Morgan fingerprint density at radius 1 is 1.20 bits per heavy atom. The number of benzene rings is 1. The highest BCUT2D eigenvalue weighted by Gasteiger charge is 2.31. The lowest BCUT2D eigenvalue weighted by Crippen LogP contribution is -2.29. The number of carbonyl (C=O) groups excluding carboxylic acids is 1. The van der Waals surface area contributed by atoms with Crippen LogP contribution in [-0.2, 0) is 4.79 Å². The third-order valence-electron chi connectivity index (χ3n) is 3.16. The summed E-state index contributed by atoms with van der Waals surface area (Å²) in [6.07, 6.45) is -5.22. The second-order valence-corrected chi connectivity index (χ2v) is 6.44. The average molecular weight is 373 g/mol. The van der Waals surface area contributed by atoms with E-state index in [1.807, 2.05) is 6.92 Å². The monoisotopic (exact) mass is 373 g/mol. The first kappa shape index (κ1) is 18.8. The van der Waals surface area contributed by atoms with Crippen molar-refractivity contribution in [3.05, 3.63) is 51.7 Å². The lowest BCUT2D eigenvalue weighted by molar-refractivity contribution is -0.274. The van der Waals surface area contributed by atoms with Crippen LogP contribution in [0.25, 0.3) is 0 Å². The van der Waals surface area contributed by atoms with Crippen LogP contribution in [-0.4, -0.2) is 23.3 Å². The normalized spacial score (nSPS) is 12.5. The minimum atomic E-state index is -4.81. The minimum absolute atomic E-state index is 0.360. The van der Waals surface area contributed by atoms with Gasteiger partial charge < -0.3 is 15.2 Å². The van der Waals surface area contributed by atoms with E-state index in [0.29, 0.717) is 10.4 Å². The molecule has 1 heterocycles. The zero-order chi connectivity index (χ0) is 18.6. The summed E-state index contributed by atoms with van der Waals surface area (Å²) in [5.74, 6) is -2.02. The zero-order valence-corrected chi connectivity index (χ0v) is 13.8. The Labute approximate surface area is 145 Å². The maximum absolute atomic E-state index is 12.2. The van der Waals surface area contributed by atoms with E-state index in [4.69, 9.17) is 5.11 Å². The molecule has 0 saturated heterocycles. The van der Waals surface area contributed by atoms with Crippen molar-refractivity contribution >= 4 is 23.2 Å². The molecule has 1 atom stereocenters. The van der Waals surface area contributed by atoms with Gasteiger partial charge in [-0.15, -0.1) is 24.5 Å². The summed E-state index contributed by atoms with van der Waals surface area (Å²) in [6, 6.07) is 7.21. The van der Waals surface area contributed by atoms with Crippen molar-refractivity contribution in [1.29, 1.82) is 0 Å². The van der Waals surface area contributed by atoms with Gasteiger partial charge >= 0.3 is 12.3 Å². The number of ether oxygens (including phenoxy) is 1. The summed E-state index contributed by atoms with van der Waals surface area (Å²) < 4.78 is 40.3. The molecule has 0 saturated carbocycles. The van der Waals surface area contributed by atoms with Gasteiger partial charge in [0.05, 0.1) is 17.3 Å². The molecule has 0 radical (unpaired) electrons. The van der Waals surface area contributed by atoms with E-state index < -0.39 is 36.5 Å². The van der Waals surface area contributed by atoms with Crippen LogP contribution in [0, 0.1) is 6.92 Å². The zero-order valence-electron chi connectivity index (χ0n) is 13.0. The van der Waals surface area contributed by atoms with Crippen molar-refractivity contribution in [2.75, 3.05) is 0 Å². The fourth-order valence-electron chi connectivity index (χ4n) is 2.11. The van der Waals surface area contributed by atoms with E-state index in [1.165, 1.54) is 23.5 Å². The number of halogens is 3. The van der Waals surface area contributed by atoms with Crippen molar-refractivity contribution in [3.8, 4) is 5.75 Å². The maximum Gasteiger partial charge on any atom is 0.573 e. The van der Waals surface area contributed by atoms with E-state index in [1.54, 1.807) is 12.1 Å². The third-order valence-corrected chi connectivity index (χ3v) is 4.16. The summed E-state index contributed by atoms with van der Waals surface area (Å²) in [6.45, 7) is 1.83. The van der Waals surface area contributed by atoms with Gasteiger partial charge in [-0.3, -0.25) is 9.59 Å². The Hall–Kier alpha value is -2.55. The predicted octanol–water partition coefficient (Wildman–Crippen LogP) is 3.90. The van der Waals surface area contributed by atoms with Crippen LogP contribution in [0.1, 0.15) is 32.6 Å². The topological polar surface area (TPSA) is 75.6 Å². The summed E-state index contributed by atoms with van der Waals surface area (Å²) in [5, 5.41) is 11.6. The number of carboxylic acid groups (broad SMARTS) is 1. The molecule has 0 aliphatic heterocycles. The predicted molar refractivity (Wildman–Crippen MR) is 84.6 cm³/mol. The Morgan fingerprint density at radius 2 is 1.84 bits per heavy atom. The van der Waals surface area contributed by atoms with Gasteiger partial charge in [0.1, 0.15) is 5.75 Å². The molecule has 2 rings (SSSR count). The minimum Gasteiger partial charge on any atom is -0.481 e. The third kappa shape index (κ3) is 5.79. The molecule has 1 aromatic heterocycles. The van der Waals surface area contributed by atoms with Crippen LogP contribution in [0.3, 0.4) is 0 Å². The van der Waals surface area contributed by atoms with Crippen molar-refractivity contribution in [1.82, 2.24) is 5.32 Å². The molecule has 2 aromatic rings. The van der Waals surface area contributed by atoms with Crippen LogP contribution in [0.5, 0.6) is 5.75 Å². The van der Waals surface area contributed by atoms with Gasteiger partial charge in [-0.05, 0) is 36.8 Å². The van der Waals surface area contributed by atoms with Gasteiger partial charge in [-0.25, -0.2) is 0 Å². The van der Waals surface area contributed by atoms with E-state index >= 15 is 0 Å². The molecule has 2 N–H and O–H groups in total. The number of hydrogen-bond acceptors (Lipinski definition) is 4. The highest BCUT2D eigenvalue weighted by atomic mass is 32.1. The molecule has 1 aromatic carbocycles. The SMILES string of the molecule is Cc1ccc(C(=O)NC(CC(=O)O)c2ccc(OC(F)(F)F)cc2)s1. The van der Waals surface area contributed by atoms with Crippen molar-refractivity contribution in [2.45, 2.75) is 25.7 Å². The molecule has 9 heteroatoms. The van der Waals surface area contributed by atoms with Gasteiger partial charge in [-0.1, -0.05) is 12.1 Å². The number of nitrogens with one attached hydrogen (secondary N) is 1. The molecule has 0 aliphatic carbocycles. The molecule has 134 valence electrons. The molecular formula is C16H14F3NO4S. The van der Waals surface area contributed by atoms with Crippen molar-refractivity contribution < 1.29 is 32.6 Å². The fourth-order valence-corrected chi connectivity index (χ4v) is 2.89. The summed E-state index contributed by atoms with van der Waals surface area (Å²) in [7, 11) is 0. The summed E-state index contributed by atoms with van der Waals surface area (Å²) >= 11 is 1.26. The van der Waals surface area contributed by atoms with Crippen molar-refractivity contribution in [2.24, 2.45) is 0 Å². The van der Waals surface area contributed by atoms with Crippen molar-refractivity contribution in [3.63, 3.8) is 0 Å². The smallest absolute Gasteiger partial charge is 0.481 e. The van der Waals surface area contributed by atoms with Crippen LogP contribution in [0.2, 0.25) is 0 Å². The van der Waals surface area contributed by atoms with E-state index in [0.717, 1.165) is 17.0 Å². The van der Waals surface area contributed by atoms with Crippen LogP contribution in [0.4, 0.5) is 13.2 Å². The Bertz CT molecular complexity index is 755. The second-order valence-electron chi connectivity index (χ2n) is 5.15. The van der Waals surface area contributed by atoms with Crippen LogP contribution >= 0.6 is 11.3 Å². The molecule has 5 nitrogen and oxygen atoms in total. The molecule has 0 aliphatic rings. The molecule has 1 unspecified atom stereocenters. The maximum atomic E-state index is 12.2. The largest absolute Gasteiger partial charge is 0.573 e. The van der Waals surface area contributed by atoms with E-state index in [-0.39, 0.29) is 0 Å². The number of aryl methyl sites for hydroxylation is 1. The number of carboxylic acids is 1. The number of hydrogen-bond donors (Lipinski definition) is 2. The van der Waals surface area contributed by atoms with Gasteiger partial charge in [0, 0.05) is 4.88 Å². The highest BCUT2D eigenvalue weighted by Crippen LogP contribution is 2.26. The molecular weight excluding hydrogens is 359 g/mol. The Morgan fingerprint density at radius 3 is 2.32 bits per heavy atom. The fraction of sp³-hybridized carbons (Fsp3) is 0.250. The van der Waals surface area contributed by atoms with Gasteiger partial charge in [0.25, 0.3) is 5.91 Å². The molecule has 0 bridgehead atoms. The molecule has 25 heavy (non-hydrogen) atoms. The summed E-state index contributed by atoms with van der Waals surface area (Å²) in [4.78, 5) is 24.6. The number of rotatable bonds is 6. The quantitative estimate of drug-likeness (QED) is 0.805. The van der Waals surface area contributed by atoms with Gasteiger partial charge in [0.2, 0.25) is 0 Å². The molecule has 0 spiro atoms. The van der Waals surface area contributed by atoms with E-state index in [9.17, 15) is 22.8 Å². The Balaban J connectivity index is 2.16. The summed E-state index contributed by atoms with van der Waals surface area (Å²) in [5.41, 5.74) is 0.360. The van der Waals surface area contributed by atoms with Gasteiger partial charge in [0.15, 0.2) is 0 Å². The molecule has 1 amide bonds. The second kappa shape index (κ2) is 7.56. The first-order valence-corrected chi connectivity index (χ1v) is 7.90. The molecule has 0 fully saturated rings. The van der Waals surface area contributed by atoms with Crippen LogP contribution in [0.15, 0.2) is 36.4 Å². The lowest BCUT2D eigenvalue weighted by Gasteiger charge is -2.18. The number of thiophene rings is 1. The number of amides is 1. The first-order chi connectivity index (χ1) is 11.6. The van der Waals surface area contributed by atoms with Crippen LogP contribution < -0.4 is 10.1 Å². The number of aliphatic carboxylic acids is 1. The average Bonchev–Trinajstić information content (AvgIpc) is 2.92. The van der Waals surface area contributed by atoms with Gasteiger partial charge in [-0.2, -0.15) is 0 Å². The standard InChI is InChI=1S/C16H14F3NO4S/c1-9-2-7-13(25-9)15(23)20-12(8-14(21)22)10-3-5-11(6-4-10)24-16(17,18)19/h2-7,12H,8H2,1H3,(H,20,23)(H,21,22). The Kier molecular flexibility index (Phi) is 5.68. The number of alkyl halides is 3. The lowest BCUT2D eigenvalue weighted by atomic mass is 10.0. The highest BCUT2D eigenvalue weighted by molar-refractivity contribution is 7.13.